The number of halogens is 1. The smallest absolute Gasteiger partial charge is 0.228 e. The van der Waals surface area contributed by atoms with E-state index in [9.17, 15) is 4.79 Å². The molecule has 29 heavy (non-hydrogen) atoms. The molecule has 7 heteroatoms. The predicted molar refractivity (Wildman–Crippen MR) is 111 cm³/mol. The Kier molecular flexibility index (Phi) is 6.10. The van der Waals surface area contributed by atoms with E-state index in [2.05, 4.69) is 21.2 Å². The van der Waals surface area contributed by atoms with Gasteiger partial charge < -0.3 is 9.64 Å². The Morgan fingerprint density at radius 3 is 2.93 bits per heavy atom. The second-order valence-electron chi connectivity index (χ2n) is 7.17. The van der Waals surface area contributed by atoms with Crippen LogP contribution in [0.15, 0.2) is 54.7 Å². The number of hydrogen-bond donors (Lipinski definition) is 1. The van der Waals surface area contributed by atoms with Gasteiger partial charge in [0.25, 0.3) is 0 Å². The molecule has 2 aromatic heterocycles. The van der Waals surface area contributed by atoms with Crippen molar-refractivity contribution in [3.8, 4) is 5.75 Å². The van der Waals surface area contributed by atoms with E-state index < -0.39 is 0 Å². The highest BCUT2D eigenvalue weighted by molar-refractivity contribution is 6.32. The molecule has 0 bridgehead atoms. The van der Waals surface area contributed by atoms with E-state index in [1.807, 2.05) is 47.4 Å². The molecule has 1 saturated heterocycles. The van der Waals surface area contributed by atoms with Crippen molar-refractivity contribution in [2.24, 2.45) is 0 Å². The van der Waals surface area contributed by atoms with Crippen LogP contribution in [-0.2, 0) is 17.6 Å². The lowest BCUT2D eigenvalue weighted by Crippen LogP contribution is -2.30. The molecule has 150 valence electrons. The molecular weight excluding hydrogens is 388 g/mol. The molecule has 3 aromatic rings. The van der Waals surface area contributed by atoms with Crippen molar-refractivity contribution in [2.75, 3.05) is 19.7 Å². The highest BCUT2D eigenvalue weighted by atomic mass is 35.5. The largest absolute Gasteiger partial charge is 0.492 e. The molecule has 1 unspecified atom stereocenters. The maximum absolute atomic E-state index is 12.5. The molecular formula is C22H23ClN4O2. The zero-order chi connectivity index (χ0) is 20.1. The zero-order valence-electron chi connectivity index (χ0n) is 16.1. The summed E-state index contributed by atoms with van der Waals surface area (Å²) in [7, 11) is 0. The fraction of sp³-hybridized carbons (Fsp3) is 0.318. The molecule has 1 aliphatic heterocycles. The number of nitrogens with zero attached hydrogens (tertiary/aromatic N) is 3. The Bertz CT molecular complexity index is 960. The highest BCUT2D eigenvalue weighted by Crippen LogP contribution is 2.27. The number of rotatable bonds is 7. The third-order valence-electron chi connectivity index (χ3n) is 5.13. The summed E-state index contributed by atoms with van der Waals surface area (Å²) in [5.41, 5.74) is 2.83. The number of para-hydroxylation sites is 1. The van der Waals surface area contributed by atoms with Gasteiger partial charge in [0, 0.05) is 43.0 Å². The van der Waals surface area contributed by atoms with Gasteiger partial charge in [0.2, 0.25) is 5.91 Å². The molecule has 0 saturated carbocycles. The summed E-state index contributed by atoms with van der Waals surface area (Å²) in [5, 5.41) is 8.16. The van der Waals surface area contributed by atoms with E-state index in [-0.39, 0.29) is 11.8 Å². The lowest BCUT2D eigenvalue weighted by Gasteiger charge is -2.15. The lowest BCUT2D eigenvalue weighted by molar-refractivity contribution is -0.129. The first kappa shape index (κ1) is 19.5. The maximum atomic E-state index is 12.5. The molecule has 4 rings (SSSR count). The number of aromatic nitrogens is 3. The average molecular weight is 411 g/mol. The van der Waals surface area contributed by atoms with E-state index in [1.54, 1.807) is 6.20 Å². The number of likely N-dealkylation sites (tertiary alicyclic amines) is 1. The fourth-order valence-electron chi connectivity index (χ4n) is 3.55. The Labute approximate surface area is 174 Å². The van der Waals surface area contributed by atoms with Crippen LogP contribution in [0.1, 0.15) is 29.4 Å². The van der Waals surface area contributed by atoms with Crippen molar-refractivity contribution < 1.29 is 9.53 Å². The summed E-state index contributed by atoms with van der Waals surface area (Å²) >= 11 is 6.11. The van der Waals surface area contributed by atoms with Gasteiger partial charge in [0.15, 0.2) is 0 Å². The zero-order valence-corrected chi connectivity index (χ0v) is 16.8. The second-order valence-corrected chi connectivity index (χ2v) is 7.58. The van der Waals surface area contributed by atoms with Gasteiger partial charge in [-0.05, 0) is 36.8 Å². The number of ether oxygens (including phenoxy) is 1. The monoisotopic (exact) mass is 410 g/mol. The van der Waals surface area contributed by atoms with Crippen LogP contribution < -0.4 is 4.74 Å². The van der Waals surface area contributed by atoms with E-state index in [4.69, 9.17) is 16.3 Å². The van der Waals surface area contributed by atoms with Crippen LogP contribution in [0.25, 0.3) is 0 Å². The van der Waals surface area contributed by atoms with Crippen LogP contribution in [0.4, 0.5) is 0 Å². The Morgan fingerprint density at radius 2 is 2.10 bits per heavy atom. The average Bonchev–Trinajstić information content (AvgIpc) is 3.40. The number of carbonyl (C=O) groups is 1. The van der Waals surface area contributed by atoms with Gasteiger partial charge in [-0.2, -0.15) is 5.10 Å². The maximum Gasteiger partial charge on any atom is 0.228 e. The van der Waals surface area contributed by atoms with Crippen molar-refractivity contribution in [2.45, 2.75) is 25.2 Å². The number of pyridine rings is 1. The van der Waals surface area contributed by atoms with Gasteiger partial charge in [-0.3, -0.25) is 14.9 Å². The van der Waals surface area contributed by atoms with Crippen molar-refractivity contribution in [1.29, 1.82) is 0 Å². The molecule has 0 spiro atoms. The summed E-state index contributed by atoms with van der Waals surface area (Å²) in [6.07, 6.45) is 3.70. The lowest BCUT2D eigenvalue weighted by atomic mass is 10.0. The Hall–Kier alpha value is -2.86. The second kappa shape index (κ2) is 9.09. The van der Waals surface area contributed by atoms with E-state index >= 15 is 0 Å². The highest BCUT2D eigenvalue weighted by Gasteiger charge is 2.29. The number of benzene rings is 1. The van der Waals surface area contributed by atoms with Crippen LogP contribution in [0.3, 0.4) is 0 Å². The number of amides is 1. The fourth-order valence-corrected chi connectivity index (χ4v) is 3.74. The predicted octanol–water partition coefficient (Wildman–Crippen LogP) is 3.64. The third-order valence-corrected chi connectivity index (χ3v) is 5.45. The topological polar surface area (TPSA) is 71.1 Å². The first-order valence-corrected chi connectivity index (χ1v) is 10.2. The molecule has 3 heterocycles. The third kappa shape index (κ3) is 4.95. The van der Waals surface area contributed by atoms with Gasteiger partial charge in [0.05, 0.1) is 23.7 Å². The number of aromatic amines is 1. The van der Waals surface area contributed by atoms with Crippen LogP contribution in [0, 0.1) is 0 Å². The van der Waals surface area contributed by atoms with Gasteiger partial charge in [-0.1, -0.05) is 29.8 Å². The standard InChI is InChI=1S/C22H23ClN4O2/c23-19-6-1-2-7-21(19)29-12-9-18-13-20(26-25-18)16-8-11-27(15-16)22(28)14-17-5-3-4-10-24-17/h1-7,10,13,16H,8-9,11-12,14-15H2,(H,25,26). The van der Waals surface area contributed by atoms with Gasteiger partial charge in [0.1, 0.15) is 5.75 Å². The Morgan fingerprint density at radius 1 is 1.24 bits per heavy atom. The van der Waals surface area contributed by atoms with Crippen molar-refractivity contribution in [1.82, 2.24) is 20.1 Å². The molecule has 1 fully saturated rings. The van der Waals surface area contributed by atoms with E-state index in [0.717, 1.165) is 30.0 Å². The van der Waals surface area contributed by atoms with Crippen molar-refractivity contribution in [3.63, 3.8) is 0 Å². The molecule has 0 radical (unpaired) electrons. The van der Waals surface area contributed by atoms with Crippen LogP contribution in [0.5, 0.6) is 5.75 Å². The molecule has 0 aliphatic carbocycles. The van der Waals surface area contributed by atoms with Gasteiger partial charge >= 0.3 is 0 Å². The van der Waals surface area contributed by atoms with Crippen molar-refractivity contribution in [3.05, 3.63) is 76.8 Å². The minimum Gasteiger partial charge on any atom is -0.492 e. The number of nitrogens with one attached hydrogen (secondary N) is 1. The normalized spacial score (nSPS) is 16.2. The van der Waals surface area contributed by atoms with E-state index in [1.165, 1.54) is 0 Å². The first-order chi connectivity index (χ1) is 14.2. The number of hydrogen-bond acceptors (Lipinski definition) is 4. The summed E-state index contributed by atoms with van der Waals surface area (Å²) in [5.74, 6) is 1.07. The summed E-state index contributed by atoms with van der Waals surface area (Å²) in [6, 6.07) is 15.2. The Balaban J connectivity index is 1.27. The quantitative estimate of drug-likeness (QED) is 0.645. The minimum atomic E-state index is 0.120. The van der Waals surface area contributed by atoms with Crippen LogP contribution in [0.2, 0.25) is 5.02 Å². The SMILES string of the molecule is O=C(Cc1ccccn1)N1CCC(c2cc(CCOc3ccccc3Cl)[nH]n2)C1. The first-order valence-electron chi connectivity index (χ1n) is 9.78. The number of carbonyl (C=O) groups excluding carboxylic acids is 1. The summed E-state index contributed by atoms with van der Waals surface area (Å²) < 4.78 is 5.74. The van der Waals surface area contributed by atoms with E-state index in [0.29, 0.717) is 36.8 Å². The molecule has 1 amide bonds. The summed E-state index contributed by atoms with van der Waals surface area (Å²) in [6.45, 7) is 1.98. The number of H-pyrrole nitrogens is 1. The molecule has 1 aromatic carbocycles. The molecule has 6 nitrogen and oxygen atoms in total. The minimum absolute atomic E-state index is 0.120. The van der Waals surface area contributed by atoms with Crippen molar-refractivity contribution >= 4 is 17.5 Å². The molecule has 1 aliphatic rings. The molecule has 1 N–H and O–H groups in total. The van der Waals surface area contributed by atoms with Crippen LogP contribution in [-0.4, -0.2) is 45.7 Å². The summed E-state index contributed by atoms with van der Waals surface area (Å²) in [4.78, 5) is 18.7. The van der Waals surface area contributed by atoms with Gasteiger partial charge in [-0.15, -0.1) is 0 Å². The molecule has 1 atom stereocenters. The van der Waals surface area contributed by atoms with Crippen LogP contribution >= 0.6 is 11.6 Å². The van der Waals surface area contributed by atoms with Gasteiger partial charge in [-0.25, -0.2) is 0 Å².